The minimum absolute atomic E-state index is 0.370. The van der Waals surface area contributed by atoms with E-state index in [0.29, 0.717) is 28.8 Å². The molecule has 0 aliphatic heterocycles. The van der Waals surface area contributed by atoms with Crippen LogP contribution in [0.15, 0.2) is 53.4 Å². The van der Waals surface area contributed by atoms with Crippen LogP contribution in [0, 0.1) is 0 Å². The fourth-order valence-electron chi connectivity index (χ4n) is 2.58. The van der Waals surface area contributed by atoms with Crippen molar-refractivity contribution in [3.05, 3.63) is 53.6 Å². The molecule has 0 heterocycles. The number of sulfonamides is 1. The van der Waals surface area contributed by atoms with Gasteiger partial charge in [-0.05, 0) is 43.3 Å². The summed E-state index contributed by atoms with van der Waals surface area (Å²) >= 11 is 7.43. The van der Waals surface area contributed by atoms with Crippen LogP contribution in [0.1, 0.15) is 6.92 Å². The maximum absolute atomic E-state index is 12.5. The molecular weight excluding hydrogens is 420 g/mol. The third-order valence-corrected chi connectivity index (χ3v) is 6.39. The highest BCUT2D eigenvalue weighted by Crippen LogP contribution is 2.25. The molecule has 0 radical (unpaired) electrons. The monoisotopic (exact) mass is 442 g/mol. The van der Waals surface area contributed by atoms with E-state index in [1.54, 1.807) is 43.0 Å². The van der Waals surface area contributed by atoms with Gasteiger partial charge in [0.1, 0.15) is 11.8 Å². The van der Waals surface area contributed by atoms with Gasteiger partial charge in [-0.25, -0.2) is 8.42 Å². The Labute approximate surface area is 175 Å². The van der Waals surface area contributed by atoms with E-state index in [0.717, 1.165) is 15.5 Å². The van der Waals surface area contributed by atoms with Crippen LogP contribution in [-0.4, -0.2) is 46.0 Å². The summed E-state index contributed by atoms with van der Waals surface area (Å²) < 4.78 is 30.9. The average Bonchev–Trinajstić information content (AvgIpc) is 2.65. The van der Waals surface area contributed by atoms with Crippen molar-refractivity contribution in [3.8, 4) is 5.75 Å². The molecule has 0 saturated heterocycles. The summed E-state index contributed by atoms with van der Waals surface area (Å²) in [5, 5.41) is 3.46. The van der Waals surface area contributed by atoms with Crippen LogP contribution >= 0.6 is 23.4 Å². The van der Waals surface area contributed by atoms with E-state index >= 15 is 0 Å². The first-order valence-corrected chi connectivity index (χ1v) is 11.7. The van der Waals surface area contributed by atoms with Crippen LogP contribution < -0.4 is 14.4 Å². The molecular formula is C19H23ClN2O4S2. The summed E-state index contributed by atoms with van der Waals surface area (Å²) in [6.07, 6.45) is 1.08. The van der Waals surface area contributed by atoms with Gasteiger partial charge in [-0.3, -0.25) is 9.10 Å². The molecule has 28 heavy (non-hydrogen) atoms. The van der Waals surface area contributed by atoms with Gasteiger partial charge in [0.2, 0.25) is 15.9 Å². The maximum atomic E-state index is 12.5. The molecule has 0 spiro atoms. The second-order valence-corrected chi connectivity index (χ2v) is 9.49. The maximum Gasteiger partial charge on any atom is 0.243 e. The van der Waals surface area contributed by atoms with E-state index < -0.39 is 16.1 Å². The Bertz CT molecular complexity index is 904. The number of hydrogen-bond donors (Lipinski definition) is 1. The second-order valence-electron chi connectivity index (χ2n) is 6.03. The number of nitrogens with zero attached hydrogens (tertiary/aromatic N) is 1. The molecule has 152 valence electrons. The summed E-state index contributed by atoms with van der Waals surface area (Å²) in [6.45, 7) is 1.97. The molecule has 0 aliphatic carbocycles. The summed E-state index contributed by atoms with van der Waals surface area (Å²) in [6, 6.07) is 13.1. The van der Waals surface area contributed by atoms with E-state index in [4.69, 9.17) is 16.3 Å². The minimum Gasteiger partial charge on any atom is -0.497 e. The zero-order valence-corrected chi connectivity index (χ0v) is 18.3. The van der Waals surface area contributed by atoms with Crippen molar-refractivity contribution in [3.63, 3.8) is 0 Å². The van der Waals surface area contributed by atoms with Crippen molar-refractivity contribution in [2.24, 2.45) is 0 Å². The van der Waals surface area contributed by atoms with Gasteiger partial charge in [-0.1, -0.05) is 17.7 Å². The van der Waals surface area contributed by atoms with Gasteiger partial charge < -0.3 is 10.1 Å². The fraction of sp³-hybridized carbons (Fsp3) is 0.316. The normalized spacial score (nSPS) is 12.3. The zero-order chi connectivity index (χ0) is 20.7. The highest BCUT2D eigenvalue weighted by Gasteiger charge is 2.29. The number of halogens is 1. The Morgan fingerprint density at radius 3 is 2.54 bits per heavy atom. The molecule has 0 bridgehead atoms. The number of carbonyl (C=O) groups is 1. The number of methoxy groups -OCH3 is 1. The van der Waals surface area contributed by atoms with E-state index in [9.17, 15) is 13.2 Å². The highest BCUT2D eigenvalue weighted by atomic mass is 35.5. The molecule has 2 aromatic rings. The van der Waals surface area contributed by atoms with E-state index in [1.165, 1.54) is 7.11 Å². The van der Waals surface area contributed by atoms with Crippen molar-refractivity contribution < 1.29 is 17.9 Å². The molecule has 9 heteroatoms. The summed E-state index contributed by atoms with van der Waals surface area (Å²) in [5.74, 6) is 0.793. The Balaban J connectivity index is 2.00. The van der Waals surface area contributed by atoms with Crippen molar-refractivity contribution in [1.29, 1.82) is 0 Å². The largest absolute Gasteiger partial charge is 0.497 e. The molecule has 0 aromatic heterocycles. The molecule has 0 saturated carbocycles. The molecule has 1 unspecified atom stereocenters. The van der Waals surface area contributed by atoms with Gasteiger partial charge in [0.05, 0.1) is 19.1 Å². The molecule has 2 rings (SSSR count). The summed E-state index contributed by atoms with van der Waals surface area (Å²) in [7, 11) is -2.17. The van der Waals surface area contributed by atoms with Crippen molar-refractivity contribution in [1.82, 2.24) is 5.32 Å². The number of nitrogens with one attached hydrogen (secondary N) is 1. The second kappa shape index (κ2) is 10.0. The van der Waals surface area contributed by atoms with Crippen LogP contribution in [0.4, 0.5) is 5.69 Å². The van der Waals surface area contributed by atoms with Crippen LogP contribution in [0.5, 0.6) is 5.75 Å². The topological polar surface area (TPSA) is 75.7 Å². The smallest absolute Gasteiger partial charge is 0.243 e. The zero-order valence-electron chi connectivity index (χ0n) is 15.9. The predicted molar refractivity (Wildman–Crippen MR) is 115 cm³/mol. The standard InChI is InChI=1S/C19H23ClN2O4S2/c1-14(19(23)21-11-12-27-18-9-7-15(20)8-10-18)22(28(3,24)25)16-5-4-6-17(13-16)26-2/h4-10,13-14H,11-12H2,1-3H3,(H,21,23). The number of hydrogen-bond acceptors (Lipinski definition) is 5. The van der Waals surface area contributed by atoms with Gasteiger partial charge in [0, 0.05) is 28.3 Å². The Kier molecular flexibility index (Phi) is 8.03. The molecule has 1 amide bonds. The molecule has 1 N–H and O–H groups in total. The van der Waals surface area contributed by atoms with Gasteiger partial charge in [0.25, 0.3) is 0 Å². The van der Waals surface area contributed by atoms with Crippen LogP contribution in [0.3, 0.4) is 0 Å². The number of carbonyl (C=O) groups excluding carboxylic acids is 1. The van der Waals surface area contributed by atoms with Gasteiger partial charge in [-0.2, -0.15) is 0 Å². The molecule has 0 aliphatic rings. The highest BCUT2D eigenvalue weighted by molar-refractivity contribution is 7.99. The van der Waals surface area contributed by atoms with Crippen LogP contribution in [0.25, 0.3) is 0 Å². The number of ether oxygens (including phenoxy) is 1. The molecule has 0 fully saturated rings. The molecule has 1 atom stereocenters. The number of benzene rings is 2. The summed E-state index contributed by atoms with van der Waals surface area (Å²) in [5.41, 5.74) is 0.375. The van der Waals surface area contributed by atoms with Crippen molar-refractivity contribution >= 4 is 45.0 Å². The van der Waals surface area contributed by atoms with Gasteiger partial charge >= 0.3 is 0 Å². The van der Waals surface area contributed by atoms with E-state index in [1.807, 2.05) is 24.3 Å². The van der Waals surface area contributed by atoms with E-state index in [2.05, 4.69) is 5.32 Å². The van der Waals surface area contributed by atoms with Crippen LogP contribution in [-0.2, 0) is 14.8 Å². The first kappa shape index (κ1) is 22.4. The van der Waals surface area contributed by atoms with Crippen LogP contribution in [0.2, 0.25) is 5.02 Å². The Hall–Kier alpha value is -1.90. The molecule has 6 nitrogen and oxygen atoms in total. The summed E-state index contributed by atoms with van der Waals surface area (Å²) in [4.78, 5) is 13.6. The fourth-order valence-corrected chi connectivity index (χ4v) is 4.64. The lowest BCUT2D eigenvalue weighted by Crippen LogP contribution is -2.48. The first-order chi connectivity index (χ1) is 13.2. The lowest BCUT2D eigenvalue weighted by Gasteiger charge is -2.28. The van der Waals surface area contributed by atoms with E-state index in [-0.39, 0.29) is 5.91 Å². The lowest BCUT2D eigenvalue weighted by molar-refractivity contribution is -0.121. The SMILES string of the molecule is COc1cccc(N(C(C)C(=O)NCCSc2ccc(Cl)cc2)S(C)(=O)=O)c1. The predicted octanol–water partition coefficient (Wildman–Crippen LogP) is 3.41. The Morgan fingerprint density at radius 1 is 1.25 bits per heavy atom. The number of rotatable bonds is 9. The average molecular weight is 443 g/mol. The quantitative estimate of drug-likeness (QED) is 0.475. The minimum atomic E-state index is -3.67. The van der Waals surface area contributed by atoms with Crippen molar-refractivity contribution in [2.75, 3.05) is 30.0 Å². The molecule has 2 aromatic carbocycles. The van der Waals surface area contributed by atoms with Gasteiger partial charge in [-0.15, -0.1) is 11.8 Å². The number of thioether (sulfide) groups is 1. The lowest BCUT2D eigenvalue weighted by atomic mass is 10.2. The van der Waals surface area contributed by atoms with Crippen molar-refractivity contribution in [2.45, 2.75) is 17.9 Å². The third kappa shape index (κ3) is 6.32. The number of anilines is 1. The third-order valence-electron chi connectivity index (χ3n) is 3.88. The number of amides is 1. The Morgan fingerprint density at radius 2 is 1.93 bits per heavy atom. The van der Waals surface area contributed by atoms with Gasteiger partial charge in [0.15, 0.2) is 0 Å². The first-order valence-electron chi connectivity index (χ1n) is 8.52.